The molecular formula is C14H14ClNO. The van der Waals surface area contributed by atoms with E-state index in [9.17, 15) is 4.79 Å². The third-order valence-corrected chi connectivity index (χ3v) is 3.31. The van der Waals surface area contributed by atoms with Crippen molar-refractivity contribution >= 4 is 17.9 Å². The smallest absolute Gasteiger partial charge is 0.151 e. The molecular weight excluding hydrogens is 234 g/mol. The number of aromatic nitrogens is 1. The molecule has 88 valence electrons. The third-order valence-electron chi connectivity index (χ3n) is 3.01. The molecule has 1 heterocycles. The van der Waals surface area contributed by atoms with Crippen LogP contribution < -0.4 is 0 Å². The molecule has 17 heavy (non-hydrogen) atoms. The van der Waals surface area contributed by atoms with Gasteiger partial charge in [-0.15, -0.1) is 0 Å². The number of hydrogen-bond acceptors (Lipinski definition) is 1. The summed E-state index contributed by atoms with van der Waals surface area (Å²) >= 11 is 6.25. The van der Waals surface area contributed by atoms with Gasteiger partial charge in [-0.1, -0.05) is 23.7 Å². The molecule has 0 N–H and O–H groups in total. The predicted octanol–water partition coefficient (Wildman–Crippen LogP) is 3.87. The average molecular weight is 248 g/mol. The first-order valence-corrected chi connectivity index (χ1v) is 5.83. The van der Waals surface area contributed by atoms with Crippen LogP contribution in [0.3, 0.4) is 0 Å². The lowest BCUT2D eigenvalue weighted by Gasteiger charge is -2.14. The van der Waals surface area contributed by atoms with Gasteiger partial charge in [0.2, 0.25) is 0 Å². The van der Waals surface area contributed by atoms with E-state index in [1.165, 1.54) is 0 Å². The van der Waals surface area contributed by atoms with Gasteiger partial charge in [-0.25, -0.2) is 0 Å². The second-order valence-corrected chi connectivity index (χ2v) is 4.59. The number of rotatable bonds is 2. The SMILES string of the molecule is Cc1cccc(Cl)c1-n1c(C)cc(C=O)c1C. The summed E-state index contributed by atoms with van der Waals surface area (Å²) in [5, 5.41) is 0.698. The summed E-state index contributed by atoms with van der Waals surface area (Å²) in [7, 11) is 0. The molecule has 2 aromatic rings. The summed E-state index contributed by atoms with van der Waals surface area (Å²) in [5.74, 6) is 0. The Hall–Kier alpha value is -1.54. The van der Waals surface area contributed by atoms with E-state index in [1.54, 1.807) is 0 Å². The molecule has 0 amide bonds. The molecule has 3 heteroatoms. The number of carbonyl (C=O) groups is 1. The summed E-state index contributed by atoms with van der Waals surface area (Å²) < 4.78 is 2.03. The standard InChI is InChI=1S/C14H14ClNO/c1-9-5-4-6-13(15)14(9)16-10(2)7-12(8-17)11(16)3/h4-8H,1-3H3. The minimum Gasteiger partial charge on any atom is -0.316 e. The van der Waals surface area contributed by atoms with Crippen LogP contribution in [0.15, 0.2) is 24.3 Å². The number of para-hydroxylation sites is 1. The quantitative estimate of drug-likeness (QED) is 0.739. The normalized spacial score (nSPS) is 10.6. The van der Waals surface area contributed by atoms with E-state index in [1.807, 2.05) is 49.6 Å². The number of carbonyl (C=O) groups excluding carboxylic acids is 1. The molecule has 0 saturated heterocycles. The van der Waals surface area contributed by atoms with Crippen molar-refractivity contribution in [3.8, 4) is 5.69 Å². The van der Waals surface area contributed by atoms with E-state index in [0.29, 0.717) is 10.6 Å². The maximum atomic E-state index is 10.9. The first-order valence-electron chi connectivity index (χ1n) is 5.46. The predicted molar refractivity (Wildman–Crippen MR) is 70.4 cm³/mol. The minimum atomic E-state index is 0.698. The van der Waals surface area contributed by atoms with Crippen LogP contribution >= 0.6 is 11.6 Å². The van der Waals surface area contributed by atoms with Crippen LogP contribution in [0.2, 0.25) is 5.02 Å². The van der Waals surface area contributed by atoms with Gasteiger partial charge in [-0.2, -0.15) is 0 Å². The average Bonchev–Trinajstić information content (AvgIpc) is 2.56. The highest BCUT2D eigenvalue weighted by Gasteiger charge is 2.13. The first-order chi connectivity index (χ1) is 8.06. The summed E-state index contributed by atoms with van der Waals surface area (Å²) in [4.78, 5) is 10.9. The lowest BCUT2D eigenvalue weighted by Crippen LogP contribution is -2.02. The molecule has 2 rings (SSSR count). The van der Waals surface area contributed by atoms with Crippen molar-refractivity contribution in [3.05, 3.63) is 51.8 Å². The van der Waals surface area contributed by atoms with Crippen LogP contribution in [-0.2, 0) is 0 Å². The van der Waals surface area contributed by atoms with Gasteiger partial charge in [0, 0.05) is 17.0 Å². The summed E-state index contributed by atoms with van der Waals surface area (Å²) in [6, 6.07) is 7.69. The van der Waals surface area contributed by atoms with E-state index in [0.717, 1.165) is 28.9 Å². The summed E-state index contributed by atoms with van der Waals surface area (Å²) in [6.45, 7) is 5.92. The molecule has 0 aliphatic heterocycles. The molecule has 0 fully saturated rings. The van der Waals surface area contributed by atoms with E-state index in [-0.39, 0.29) is 0 Å². The monoisotopic (exact) mass is 247 g/mol. The largest absolute Gasteiger partial charge is 0.316 e. The zero-order valence-corrected chi connectivity index (χ0v) is 10.9. The fourth-order valence-corrected chi connectivity index (χ4v) is 2.46. The van der Waals surface area contributed by atoms with Crippen molar-refractivity contribution in [3.63, 3.8) is 0 Å². The van der Waals surface area contributed by atoms with Crippen LogP contribution in [0.4, 0.5) is 0 Å². The van der Waals surface area contributed by atoms with Gasteiger partial charge >= 0.3 is 0 Å². The zero-order chi connectivity index (χ0) is 12.6. The number of benzene rings is 1. The Morgan fingerprint density at radius 1 is 1.24 bits per heavy atom. The summed E-state index contributed by atoms with van der Waals surface area (Å²) in [5.41, 5.74) is 4.70. The highest BCUT2D eigenvalue weighted by molar-refractivity contribution is 6.32. The van der Waals surface area contributed by atoms with Gasteiger partial charge in [-0.3, -0.25) is 4.79 Å². The molecule has 1 aromatic carbocycles. The molecule has 0 atom stereocenters. The van der Waals surface area contributed by atoms with Crippen molar-refractivity contribution in [2.45, 2.75) is 20.8 Å². The van der Waals surface area contributed by atoms with E-state index < -0.39 is 0 Å². The maximum absolute atomic E-state index is 10.9. The van der Waals surface area contributed by atoms with Crippen LogP contribution in [0.5, 0.6) is 0 Å². The van der Waals surface area contributed by atoms with Gasteiger partial charge in [-0.05, 0) is 38.5 Å². The molecule has 0 aliphatic carbocycles. The molecule has 0 unspecified atom stereocenters. The van der Waals surface area contributed by atoms with E-state index in [4.69, 9.17) is 11.6 Å². The molecule has 0 radical (unpaired) electrons. The highest BCUT2D eigenvalue weighted by atomic mass is 35.5. The fraction of sp³-hybridized carbons (Fsp3) is 0.214. The highest BCUT2D eigenvalue weighted by Crippen LogP contribution is 2.28. The third kappa shape index (κ3) is 1.89. The topological polar surface area (TPSA) is 22.0 Å². The molecule has 1 aromatic heterocycles. The number of nitrogens with zero attached hydrogens (tertiary/aromatic N) is 1. The molecule has 0 saturated carbocycles. The Balaban J connectivity index is 2.77. The van der Waals surface area contributed by atoms with Crippen molar-refractivity contribution in [1.82, 2.24) is 4.57 Å². The number of aldehydes is 1. The Bertz CT molecular complexity index is 564. The lowest BCUT2D eigenvalue weighted by molar-refractivity contribution is 0.112. The number of halogens is 1. The van der Waals surface area contributed by atoms with Gasteiger partial charge in [0.1, 0.15) is 0 Å². The maximum Gasteiger partial charge on any atom is 0.151 e. The molecule has 0 spiro atoms. The lowest BCUT2D eigenvalue weighted by atomic mass is 10.2. The Morgan fingerprint density at radius 2 is 1.94 bits per heavy atom. The van der Waals surface area contributed by atoms with Gasteiger partial charge < -0.3 is 4.57 Å². The number of aryl methyl sites for hydroxylation is 2. The van der Waals surface area contributed by atoms with Crippen LogP contribution in [-0.4, -0.2) is 10.9 Å². The van der Waals surface area contributed by atoms with E-state index in [2.05, 4.69) is 0 Å². The van der Waals surface area contributed by atoms with Crippen LogP contribution in [0, 0.1) is 20.8 Å². The van der Waals surface area contributed by atoms with Crippen LogP contribution in [0.1, 0.15) is 27.3 Å². The second-order valence-electron chi connectivity index (χ2n) is 4.19. The Labute approximate surface area is 106 Å². The van der Waals surface area contributed by atoms with E-state index >= 15 is 0 Å². The Morgan fingerprint density at radius 3 is 2.47 bits per heavy atom. The van der Waals surface area contributed by atoms with Crippen molar-refractivity contribution < 1.29 is 4.79 Å². The van der Waals surface area contributed by atoms with Crippen molar-refractivity contribution in [1.29, 1.82) is 0 Å². The van der Waals surface area contributed by atoms with Crippen molar-refractivity contribution in [2.24, 2.45) is 0 Å². The summed E-state index contributed by atoms with van der Waals surface area (Å²) in [6.07, 6.45) is 0.880. The molecule has 0 aliphatic rings. The second kappa shape index (κ2) is 4.38. The van der Waals surface area contributed by atoms with Crippen LogP contribution in [0.25, 0.3) is 5.69 Å². The number of hydrogen-bond donors (Lipinski definition) is 0. The Kier molecular flexibility index (Phi) is 3.07. The van der Waals surface area contributed by atoms with Gasteiger partial charge in [0.05, 0.1) is 10.7 Å². The molecule has 2 nitrogen and oxygen atoms in total. The minimum absolute atomic E-state index is 0.698. The fourth-order valence-electron chi connectivity index (χ4n) is 2.16. The zero-order valence-electron chi connectivity index (χ0n) is 10.1. The van der Waals surface area contributed by atoms with Gasteiger partial charge in [0.25, 0.3) is 0 Å². The van der Waals surface area contributed by atoms with Gasteiger partial charge in [0.15, 0.2) is 6.29 Å². The first kappa shape index (κ1) is 11.9. The van der Waals surface area contributed by atoms with Crippen molar-refractivity contribution in [2.75, 3.05) is 0 Å². The molecule has 0 bridgehead atoms.